The summed E-state index contributed by atoms with van der Waals surface area (Å²) in [5.74, 6) is -5.62. The van der Waals surface area contributed by atoms with Crippen molar-refractivity contribution in [2.45, 2.75) is 44.2 Å². The van der Waals surface area contributed by atoms with Gasteiger partial charge in [0.1, 0.15) is 11.9 Å². The van der Waals surface area contributed by atoms with Crippen molar-refractivity contribution in [1.82, 2.24) is 20.1 Å². The van der Waals surface area contributed by atoms with Crippen molar-refractivity contribution in [3.8, 4) is 0 Å². The molecule has 0 radical (unpaired) electrons. The monoisotopic (exact) mass is 603 g/mol. The summed E-state index contributed by atoms with van der Waals surface area (Å²) in [6.45, 7) is 2.12. The lowest BCUT2D eigenvalue weighted by atomic mass is 9.92. The molecule has 0 amide bonds. The van der Waals surface area contributed by atoms with Gasteiger partial charge in [-0.1, -0.05) is 12.1 Å². The van der Waals surface area contributed by atoms with Crippen molar-refractivity contribution in [3.63, 3.8) is 0 Å². The highest BCUT2D eigenvalue weighted by Crippen LogP contribution is 2.51. The average Bonchev–Trinajstić information content (AvgIpc) is 3.27. The van der Waals surface area contributed by atoms with Crippen LogP contribution in [-0.4, -0.2) is 89.5 Å². The van der Waals surface area contributed by atoms with E-state index in [9.17, 15) is 19.1 Å². The Hall–Kier alpha value is -3.29. The fourth-order valence-electron chi connectivity index (χ4n) is 6.65. The number of hydrogen-bond acceptors (Lipinski definition) is 9. The lowest BCUT2D eigenvalue weighted by molar-refractivity contribution is -0.142. The third-order valence-corrected chi connectivity index (χ3v) is 9.79. The number of carbonyl (C=O) groups is 2. The quantitative estimate of drug-likeness (QED) is 0.419. The number of aliphatic imine (C=N–C) groups is 1. The fraction of sp³-hybridized carbons (Fsp3) is 0.517. The van der Waals surface area contributed by atoms with Gasteiger partial charge in [-0.3, -0.25) is 14.7 Å². The van der Waals surface area contributed by atoms with E-state index in [-0.39, 0.29) is 47.7 Å². The molecule has 3 aliphatic heterocycles. The molecule has 1 unspecified atom stereocenters. The number of carbonyl (C=O) groups excluding carboxylic acids is 1. The molecule has 4 heterocycles. The first-order valence-electron chi connectivity index (χ1n) is 13.9. The van der Waals surface area contributed by atoms with Gasteiger partial charge in [0.05, 0.1) is 31.6 Å². The topological polar surface area (TPSA) is 107 Å². The summed E-state index contributed by atoms with van der Waals surface area (Å²) >= 11 is 1.30. The third-order valence-electron chi connectivity index (χ3n) is 9.01. The predicted molar refractivity (Wildman–Crippen MR) is 149 cm³/mol. The smallest absolute Gasteiger partial charge is 0.335 e. The van der Waals surface area contributed by atoms with Gasteiger partial charge in [-0.15, -0.1) is 11.3 Å². The molecule has 1 aromatic heterocycles. The molecule has 9 nitrogen and oxygen atoms in total. The molecular formula is C29H32F3N5O4S. The minimum absolute atomic E-state index is 0.0746. The molecule has 1 saturated carbocycles. The van der Waals surface area contributed by atoms with Gasteiger partial charge < -0.3 is 20.1 Å². The Morgan fingerprint density at radius 2 is 2.05 bits per heavy atom. The first-order chi connectivity index (χ1) is 20.0. The summed E-state index contributed by atoms with van der Waals surface area (Å²) in [7, 11) is 1.35. The molecule has 1 aliphatic carbocycles. The molecule has 3 atom stereocenters. The Morgan fingerprint density at radius 1 is 1.26 bits per heavy atom. The van der Waals surface area contributed by atoms with Gasteiger partial charge in [-0.2, -0.15) is 0 Å². The zero-order valence-corrected chi connectivity index (χ0v) is 24.1. The van der Waals surface area contributed by atoms with Crippen LogP contribution in [0.25, 0.3) is 0 Å². The van der Waals surface area contributed by atoms with Gasteiger partial charge in [0.25, 0.3) is 5.92 Å². The standard InChI is InChI=1S/C29H32F3N5O4S/c1-16-17(4-3-5-19(16)30)24-23(27(39)40)20(34-25(35-24)26-33-8-9-42-26)12-37-15-29(31,32)18-11-36(13-21(18)37)14-28(6-7-28)10-22(38)41-2/h3-5,8-9,18,21,24H,6-7,10-15H2,1-2H3,(H,34,35)(H,39,40)/t18-,21+,24?/m1/s1. The van der Waals surface area contributed by atoms with Crippen molar-refractivity contribution in [2.24, 2.45) is 16.3 Å². The van der Waals surface area contributed by atoms with Crippen molar-refractivity contribution in [2.75, 3.05) is 39.8 Å². The van der Waals surface area contributed by atoms with E-state index in [1.165, 1.54) is 30.6 Å². The number of hydrogen-bond donors (Lipinski definition) is 2. The Labute approximate surface area is 245 Å². The maximum Gasteiger partial charge on any atom is 0.335 e. The number of esters is 1. The van der Waals surface area contributed by atoms with Gasteiger partial charge in [0.15, 0.2) is 10.8 Å². The average molecular weight is 604 g/mol. The van der Waals surface area contributed by atoms with E-state index in [0.29, 0.717) is 29.5 Å². The van der Waals surface area contributed by atoms with Gasteiger partial charge >= 0.3 is 11.9 Å². The maximum absolute atomic E-state index is 15.4. The molecule has 3 fully saturated rings. The van der Waals surface area contributed by atoms with Gasteiger partial charge in [0.2, 0.25) is 0 Å². The van der Waals surface area contributed by atoms with Crippen LogP contribution in [0.4, 0.5) is 13.2 Å². The third kappa shape index (κ3) is 5.33. The molecule has 0 bridgehead atoms. The Bertz CT molecular complexity index is 1460. The number of alkyl halides is 2. The summed E-state index contributed by atoms with van der Waals surface area (Å²) in [5.41, 5.74) is 0.545. The summed E-state index contributed by atoms with van der Waals surface area (Å²) < 4.78 is 50.3. The second-order valence-electron chi connectivity index (χ2n) is 11.8. The van der Waals surface area contributed by atoms with E-state index in [1.54, 1.807) is 29.5 Å². The second kappa shape index (κ2) is 10.8. The number of thiazole rings is 1. The van der Waals surface area contributed by atoms with Crippen molar-refractivity contribution >= 4 is 29.1 Å². The molecule has 4 aliphatic rings. The van der Waals surface area contributed by atoms with E-state index in [1.807, 2.05) is 4.90 Å². The number of carboxylic acid groups (broad SMARTS) is 1. The second-order valence-corrected chi connectivity index (χ2v) is 12.7. The molecular weight excluding hydrogens is 571 g/mol. The van der Waals surface area contributed by atoms with Crippen LogP contribution in [0, 0.1) is 24.1 Å². The molecule has 2 N–H and O–H groups in total. The van der Waals surface area contributed by atoms with Crippen molar-refractivity contribution in [3.05, 3.63) is 63.0 Å². The summed E-state index contributed by atoms with van der Waals surface area (Å²) in [4.78, 5) is 37.2. The largest absolute Gasteiger partial charge is 0.478 e. The maximum atomic E-state index is 15.4. The number of amidine groups is 1. The van der Waals surface area contributed by atoms with Crippen LogP contribution in [0.1, 0.15) is 41.4 Å². The normalized spacial score (nSPS) is 26.5. The Balaban J connectivity index is 1.30. The van der Waals surface area contributed by atoms with Crippen LogP contribution in [0.5, 0.6) is 0 Å². The number of aromatic nitrogens is 1. The van der Waals surface area contributed by atoms with Gasteiger partial charge in [0, 0.05) is 49.5 Å². The van der Waals surface area contributed by atoms with Crippen LogP contribution in [-0.2, 0) is 14.3 Å². The van der Waals surface area contributed by atoms with E-state index in [2.05, 4.69) is 15.3 Å². The number of ether oxygens (including phenoxy) is 1. The molecule has 6 rings (SSSR count). The summed E-state index contributed by atoms with van der Waals surface area (Å²) in [5, 5.41) is 15.7. The van der Waals surface area contributed by atoms with Crippen LogP contribution < -0.4 is 5.32 Å². The molecule has 13 heteroatoms. The lowest BCUT2D eigenvalue weighted by Crippen LogP contribution is -2.43. The zero-order chi connectivity index (χ0) is 29.8. The molecule has 2 aromatic rings. The summed E-state index contributed by atoms with van der Waals surface area (Å²) in [6.07, 6.45) is 3.57. The lowest BCUT2D eigenvalue weighted by Gasteiger charge is -2.31. The number of carboxylic acids is 1. The number of nitrogens with zero attached hydrogens (tertiary/aromatic N) is 4. The van der Waals surface area contributed by atoms with Crippen molar-refractivity contribution < 1.29 is 32.6 Å². The van der Waals surface area contributed by atoms with E-state index >= 15 is 8.78 Å². The minimum atomic E-state index is -2.97. The molecule has 42 heavy (non-hydrogen) atoms. The highest BCUT2D eigenvalue weighted by molar-refractivity contribution is 7.11. The van der Waals surface area contributed by atoms with E-state index in [0.717, 1.165) is 12.8 Å². The predicted octanol–water partition coefficient (Wildman–Crippen LogP) is 3.62. The van der Waals surface area contributed by atoms with E-state index < -0.39 is 42.3 Å². The fourth-order valence-corrected chi connectivity index (χ4v) is 7.24. The first-order valence-corrected chi connectivity index (χ1v) is 14.8. The van der Waals surface area contributed by atoms with Gasteiger partial charge in [-0.25, -0.2) is 22.9 Å². The van der Waals surface area contributed by atoms with Gasteiger partial charge in [-0.05, 0) is 42.4 Å². The van der Waals surface area contributed by atoms with Crippen LogP contribution in [0.2, 0.25) is 0 Å². The number of nitrogens with one attached hydrogen (secondary N) is 1. The Morgan fingerprint density at radius 3 is 2.71 bits per heavy atom. The van der Waals surface area contributed by atoms with Crippen LogP contribution >= 0.6 is 11.3 Å². The number of likely N-dealkylation sites (tertiary alicyclic amines) is 2. The van der Waals surface area contributed by atoms with E-state index in [4.69, 9.17) is 4.74 Å². The molecule has 224 valence electrons. The number of aliphatic carboxylic acids is 1. The van der Waals surface area contributed by atoms with Crippen LogP contribution in [0.15, 0.2) is 46.0 Å². The van der Waals surface area contributed by atoms with Crippen LogP contribution in [0.3, 0.4) is 0 Å². The highest BCUT2D eigenvalue weighted by atomic mass is 32.1. The van der Waals surface area contributed by atoms with Crippen molar-refractivity contribution in [1.29, 1.82) is 0 Å². The SMILES string of the molecule is COC(=O)CC1(CN2C[C@@H]3[C@H](C2)N(CC2=C(C(=O)O)C(c4cccc(F)c4C)N=C(c4nccs4)N2)CC3(F)F)CC1. The number of rotatable bonds is 9. The molecule has 2 saturated heterocycles. The number of methoxy groups -OCH3 is 1. The number of benzene rings is 1. The molecule has 1 aromatic carbocycles. The zero-order valence-electron chi connectivity index (χ0n) is 23.3. The number of fused-ring (bicyclic) bond motifs is 1. The Kier molecular flexibility index (Phi) is 7.38. The molecule has 0 spiro atoms. The number of halogens is 3. The highest BCUT2D eigenvalue weighted by Gasteiger charge is 2.59. The first kappa shape index (κ1) is 28.8. The summed E-state index contributed by atoms with van der Waals surface area (Å²) in [6, 6.07) is 2.87. The minimum Gasteiger partial charge on any atom is -0.478 e.